The smallest absolute Gasteiger partial charge is 0.270 e. The molecule has 3 aromatic rings. The number of H-pyrrole nitrogens is 1. The van der Waals surface area contributed by atoms with Gasteiger partial charge in [-0.05, 0) is 31.8 Å². The number of benzene rings is 2. The number of nitrogens with one attached hydrogen (secondary N) is 2. The number of rotatable bonds is 8. The Balaban J connectivity index is 1.75. The Morgan fingerprint density at radius 1 is 1.23 bits per heavy atom. The number of hydrogen-bond donors (Lipinski definition) is 2. The quantitative estimate of drug-likeness (QED) is 0.443. The normalized spacial score (nSPS) is 10.9. The molecule has 0 aliphatic rings. The molecule has 0 aliphatic carbocycles. The van der Waals surface area contributed by atoms with Crippen molar-refractivity contribution in [2.75, 3.05) is 32.7 Å². The molecular weight excluding hydrogens is 380 g/mol. The van der Waals surface area contributed by atoms with Crippen molar-refractivity contribution >= 4 is 12.2 Å². The summed E-state index contributed by atoms with van der Waals surface area (Å²) in [4.78, 5) is 21.2. The first-order valence-corrected chi connectivity index (χ1v) is 9.33. The monoisotopic (exact) mass is 402 g/mol. The van der Waals surface area contributed by atoms with Gasteiger partial charge in [-0.25, -0.2) is 10.4 Å². The third-order valence-electron chi connectivity index (χ3n) is 4.13. The van der Waals surface area contributed by atoms with E-state index in [2.05, 4.69) is 20.5 Å². The second kappa shape index (κ2) is 10.0. The Labute approximate surface area is 174 Å². The fourth-order valence-electron chi connectivity index (χ4n) is 2.63. The highest BCUT2D eigenvalue weighted by atomic mass is 16.5. The van der Waals surface area contributed by atoms with E-state index >= 15 is 0 Å². The molecule has 0 saturated carbocycles. The van der Waals surface area contributed by atoms with Gasteiger partial charge in [0.25, 0.3) is 5.56 Å². The molecule has 0 saturated heterocycles. The van der Waals surface area contributed by atoms with E-state index in [0.717, 1.165) is 17.9 Å². The summed E-state index contributed by atoms with van der Waals surface area (Å²) in [6, 6.07) is 18.5. The number of aromatic nitrogens is 2. The van der Waals surface area contributed by atoms with Crippen molar-refractivity contribution < 1.29 is 4.74 Å². The van der Waals surface area contributed by atoms with Gasteiger partial charge in [-0.2, -0.15) is 10.4 Å². The van der Waals surface area contributed by atoms with Crippen LogP contribution in [-0.4, -0.2) is 48.3 Å². The predicted octanol–water partition coefficient (Wildman–Crippen LogP) is 2.69. The van der Waals surface area contributed by atoms with Gasteiger partial charge in [0, 0.05) is 12.1 Å². The van der Waals surface area contributed by atoms with Gasteiger partial charge in [-0.1, -0.05) is 42.5 Å². The Morgan fingerprint density at radius 3 is 2.77 bits per heavy atom. The maximum absolute atomic E-state index is 12.3. The van der Waals surface area contributed by atoms with Gasteiger partial charge in [0.05, 0.1) is 11.9 Å². The summed E-state index contributed by atoms with van der Waals surface area (Å²) in [6.45, 7) is 1.41. The molecule has 0 amide bonds. The zero-order valence-electron chi connectivity index (χ0n) is 16.8. The van der Waals surface area contributed by atoms with E-state index in [-0.39, 0.29) is 11.5 Å². The molecule has 0 atom stereocenters. The number of hydrazone groups is 1. The van der Waals surface area contributed by atoms with Crippen molar-refractivity contribution in [2.24, 2.45) is 5.10 Å². The molecule has 8 nitrogen and oxygen atoms in total. The van der Waals surface area contributed by atoms with Crippen LogP contribution in [0.3, 0.4) is 0 Å². The van der Waals surface area contributed by atoms with Gasteiger partial charge < -0.3 is 9.64 Å². The number of ether oxygens (including phenoxy) is 1. The first-order valence-electron chi connectivity index (χ1n) is 9.33. The summed E-state index contributed by atoms with van der Waals surface area (Å²) in [6.07, 6.45) is 1.60. The molecule has 1 heterocycles. The highest BCUT2D eigenvalue weighted by Gasteiger charge is 2.12. The lowest BCUT2D eigenvalue weighted by molar-refractivity contribution is 0.261. The fourth-order valence-corrected chi connectivity index (χ4v) is 2.63. The molecule has 0 radical (unpaired) electrons. The third-order valence-corrected chi connectivity index (χ3v) is 4.13. The lowest BCUT2D eigenvalue weighted by Gasteiger charge is -2.11. The van der Waals surface area contributed by atoms with E-state index in [1.54, 1.807) is 18.3 Å². The summed E-state index contributed by atoms with van der Waals surface area (Å²) < 4.78 is 5.71. The van der Waals surface area contributed by atoms with E-state index in [9.17, 15) is 10.1 Å². The van der Waals surface area contributed by atoms with E-state index in [4.69, 9.17) is 4.74 Å². The standard InChI is InChI=1S/C22H22N6O2/c1-28(2)11-12-30-18-10-6-7-16(13-18)15-24-27-22-25-20(17-8-4-3-5-9-17)19(14-23)21(29)26-22/h3-10,13,15H,11-12H2,1-2H3,(H2,25,26,27,29). The number of likely N-dealkylation sites (N-methyl/N-ethyl adjacent to an activating group) is 1. The van der Waals surface area contributed by atoms with Crippen molar-refractivity contribution in [3.05, 3.63) is 76.1 Å². The van der Waals surface area contributed by atoms with E-state index in [0.29, 0.717) is 17.9 Å². The maximum Gasteiger partial charge on any atom is 0.270 e. The van der Waals surface area contributed by atoms with Crippen molar-refractivity contribution in [2.45, 2.75) is 0 Å². The fraction of sp³-hybridized carbons (Fsp3) is 0.182. The summed E-state index contributed by atoms with van der Waals surface area (Å²) in [5.41, 5.74) is 3.95. The zero-order chi connectivity index (χ0) is 21.3. The largest absolute Gasteiger partial charge is 0.492 e. The van der Waals surface area contributed by atoms with Crippen molar-refractivity contribution in [1.29, 1.82) is 5.26 Å². The van der Waals surface area contributed by atoms with Crippen LogP contribution >= 0.6 is 0 Å². The number of nitriles is 1. The molecule has 0 unspecified atom stereocenters. The molecule has 152 valence electrons. The summed E-state index contributed by atoms with van der Waals surface area (Å²) in [5.74, 6) is 0.893. The van der Waals surface area contributed by atoms with Crippen LogP contribution in [-0.2, 0) is 0 Å². The predicted molar refractivity (Wildman–Crippen MR) is 117 cm³/mol. The van der Waals surface area contributed by atoms with Crippen molar-refractivity contribution in [3.8, 4) is 23.1 Å². The van der Waals surface area contributed by atoms with Crippen LogP contribution in [0.25, 0.3) is 11.3 Å². The molecule has 1 aromatic heterocycles. The number of hydrogen-bond acceptors (Lipinski definition) is 7. The van der Waals surface area contributed by atoms with Gasteiger partial charge in [0.15, 0.2) is 0 Å². The van der Waals surface area contributed by atoms with E-state index in [1.165, 1.54) is 0 Å². The Hall–Kier alpha value is -3.96. The molecular formula is C22H22N6O2. The molecule has 2 N–H and O–H groups in total. The SMILES string of the molecule is CN(C)CCOc1cccc(C=NNc2nc(-c3ccccc3)c(C#N)c(=O)[nH]2)c1. The lowest BCUT2D eigenvalue weighted by Crippen LogP contribution is -2.19. The third kappa shape index (κ3) is 5.53. The maximum atomic E-state index is 12.3. The molecule has 0 bridgehead atoms. The number of aromatic amines is 1. The number of anilines is 1. The minimum atomic E-state index is -0.527. The van der Waals surface area contributed by atoms with Gasteiger partial charge >= 0.3 is 0 Å². The van der Waals surface area contributed by atoms with Crippen LogP contribution in [0.1, 0.15) is 11.1 Å². The zero-order valence-corrected chi connectivity index (χ0v) is 16.8. The molecule has 0 aliphatic heterocycles. The Kier molecular flexibility index (Phi) is 6.92. The Bertz CT molecular complexity index is 1120. The molecule has 2 aromatic carbocycles. The summed E-state index contributed by atoms with van der Waals surface area (Å²) >= 11 is 0. The summed E-state index contributed by atoms with van der Waals surface area (Å²) in [7, 11) is 3.98. The second-order valence-corrected chi connectivity index (χ2v) is 6.71. The van der Waals surface area contributed by atoms with Crippen LogP contribution in [0.2, 0.25) is 0 Å². The average molecular weight is 402 g/mol. The van der Waals surface area contributed by atoms with E-state index in [1.807, 2.05) is 67.5 Å². The van der Waals surface area contributed by atoms with Crippen LogP contribution in [0.5, 0.6) is 5.75 Å². The highest BCUT2D eigenvalue weighted by molar-refractivity contribution is 5.80. The van der Waals surface area contributed by atoms with Gasteiger partial charge in [-0.3, -0.25) is 9.78 Å². The molecule has 30 heavy (non-hydrogen) atoms. The molecule has 8 heteroatoms. The van der Waals surface area contributed by atoms with Gasteiger partial charge in [0.1, 0.15) is 24.0 Å². The molecule has 0 fully saturated rings. The number of nitrogens with zero attached hydrogens (tertiary/aromatic N) is 4. The van der Waals surface area contributed by atoms with Gasteiger partial charge in [0.2, 0.25) is 5.95 Å². The minimum absolute atomic E-state index is 0.0432. The second-order valence-electron chi connectivity index (χ2n) is 6.71. The summed E-state index contributed by atoms with van der Waals surface area (Å²) in [5, 5.41) is 13.5. The van der Waals surface area contributed by atoms with Crippen LogP contribution in [0.4, 0.5) is 5.95 Å². The van der Waals surface area contributed by atoms with Crippen LogP contribution < -0.4 is 15.7 Å². The average Bonchev–Trinajstić information content (AvgIpc) is 2.74. The first-order chi connectivity index (χ1) is 14.6. The van der Waals surface area contributed by atoms with Crippen LogP contribution in [0, 0.1) is 11.3 Å². The van der Waals surface area contributed by atoms with Gasteiger partial charge in [-0.15, -0.1) is 0 Å². The molecule has 0 spiro atoms. The van der Waals surface area contributed by atoms with Crippen LogP contribution in [0.15, 0.2) is 64.5 Å². The highest BCUT2D eigenvalue weighted by Crippen LogP contribution is 2.19. The topological polar surface area (TPSA) is 106 Å². The van der Waals surface area contributed by atoms with E-state index < -0.39 is 5.56 Å². The lowest BCUT2D eigenvalue weighted by atomic mass is 10.1. The van der Waals surface area contributed by atoms with Crippen molar-refractivity contribution in [1.82, 2.24) is 14.9 Å². The van der Waals surface area contributed by atoms with Crippen molar-refractivity contribution in [3.63, 3.8) is 0 Å². The Morgan fingerprint density at radius 2 is 2.03 bits per heavy atom. The minimum Gasteiger partial charge on any atom is -0.492 e. The molecule has 3 rings (SSSR count). The first kappa shape index (κ1) is 20.8.